The number of nitrogens with one attached hydrogen (secondary N) is 1. The number of benzene rings is 1. The van der Waals surface area contributed by atoms with Crippen molar-refractivity contribution in [3.05, 3.63) is 29.8 Å². The highest BCUT2D eigenvalue weighted by atomic mass is 16.5. The van der Waals surface area contributed by atoms with Crippen molar-refractivity contribution in [1.82, 2.24) is 10.2 Å². The van der Waals surface area contributed by atoms with Crippen molar-refractivity contribution in [3.8, 4) is 5.75 Å². The van der Waals surface area contributed by atoms with Crippen LogP contribution < -0.4 is 10.1 Å². The Balaban J connectivity index is 1.82. The van der Waals surface area contributed by atoms with E-state index >= 15 is 0 Å². The Hall–Kier alpha value is -1.55. The molecule has 0 unspecified atom stereocenters. The molecule has 0 aromatic heterocycles. The summed E-state index contributed by atoms with van der Waals surface area (Å²) >= 11 is 0. The highest BCUT2D eigenvalue weighted by molar-refractivity contribution is 5.76. The molecule has 4 heteroatoms. The standard InChI is InChI=1S/C17H26N2O2/c1-18-10-7-17(20)19-11-8-14(9-12-19)13-15-5-3-4-6-16(15)21-2/h3-6,14,18H,7-13H2,1-2H3. The number of carbonyl (C=O) groups is 1. The molecule has 116 valence electrons. The molecule has 2 rings (SSSR count). The molecule has 21 heavy (non-hydrogen) atoms. The molecule has 1 heterocycles. The molecular weight excluding hydrogens is 264 g/mol. The van der Waals surface area contributed by atoms with Crippen LogP contribution in [-0.2, 0) is 11.2 Å². The van der Waals surface area contributed by atoms with E-state index in [1.54, 1.807) is 7.11 Å². The summed E-state index contributed by atoms with van der Waals surface area (Å²) in [6.07, 6.45) is 3.82. The third-order valence-electron chi connectivity index (χ3n) is 4.26. The van der Waals surface area contributed by atoms with Crippen molar-refractivity contribution in [3.63, 3.8) is 0 Å². The SMILES string of the molecule is CNCCC(=O)N1CCC(Cc2ccccc2OC)CC1. The van der Waals surface area contributed by atoms with Gasteiger partial charge in [0.2, 0.25) is 5.91 Å². The van der Waals surface area contributed by atoms with E-state index < -0.39 is 0 Å². The van der Waals surface area contributed by atoms with E-state index in [4.69, 9.17) is 4.74 Å². The maximum absolute atomic E-state index is 12.0. The summed E-state index contributed by atoms with van der Waals surface area (Å²) in [5.74, 6) is 1.90. The fourth-order valence-corrected chi connectivity index (χ4v) is 2.96. The Morgan fingerprint density at radius 2 is 2.05 bits per heavy atom. The minimum Gasteiger partial charge on any atom is -0.496 e. The lowest BCUT2D eigenvalue weighted by molar-refractivity contribution is -0.132. The molecule has 1 aliphatic rings. The molecule has 1 aromatic carbocycles. The van der Waals surface area contributed by atoms with Crippen LogP contribution in [0, 0.1) is 5.92 Å². The quantitative estimate of drug-likeness (QED) is 0.872. The molecule has 1 N–H and O–H groups in total. The molecule has 4 nitrogen and oxygen atoms in total. The zero-order valence-electron chi connectivity index (χ0n) is 13.1. The fourth-order valence-electron chi connectivity index (χ4n) is 2.96. The summed E-state index contributed by atoms with van der Waals surface area (Å²) < 4.78 is 5.42. The first-order valence-electron chi connectivity index (χ1n) is 7.79. The zero-order chi connectivity index (χ0) is 15.1. The molecule has 1 fully saturated rings. The lowest BCUT2D eigenvalue weighted by Crippen LogP contribution is -2.39. The van der Waals surface area contributed by atoms with Crippen molar-refractivity contribution in [2.24, 2.45) is 5.92 Å². The lowest BCUT2D eigenvalue weighted by atomic mass is 9.89. The van der Waals surface area contributed by atoms with Crippen molar-refractivity contribution in [1.29, 1.82) is 0 Å². The predicted octanol–water partition coefficient (Wildman–Crippen LogP) is 2.09. The molecule has 0 bridgehead atoms. The minimum atomic E-state index is 0.278. The maximum atomic E-state index is 12.0. The third-order valence-corrected chi connectivity index (χ3v) is 4.26. The second-order valence-corrected chi connectivity index (χ2v) is 5.69. The van der Waals surface area contributed by atoms with Crippen LogP contribution in [0.15, 0.2) is 24.3 Å². The van der Waals surface area contributed by atoms with Crippen LogP contribution in [-0.4, -0.2) is 44.6 Å². The van der Waals surface area contributed by atoms with Gasteiger partial charge in [-0.15, -0.1) is 0 Å². The number of para-hydroxylation sites is 1. The summed E-state index contributed by atoms with van der Waals surface area (Å²) in [4.78, 5) is 14.0. The first-order valence-corrected chi connectivity index (χ1v) is 7.79. The third kappa shape index (κ3) is 4.46. The molecule has 1 aromatic rings. The summed E-state index contributed by atoms with van der Waals surface area (Å²) in [5, 5.41) is 3.03. The largest absolute Gasteiger partial charge is 0.496 e. The second kappa shape index (κ2) is 8.03. The topological polar surface area (TPSA) is 41.6 Å². The van der Waals surface area contributed by atoms with Gasteiger partial charge in [0.1, 0.15) is 5.75 Å². The maximum Gasteiger partial charge on any atom is 0.223 e. The number of likely N-dealkylation sites (tertiary alicyclic amines) is 1. The van der Waals surface area contributed by atoms with Crippen molar-refractivity contribution in [2.75, 3.05) is 33.8 Å². The van der Waals surface area contributed by atoms with Crippen LogP contribution in [0.5, 0.6) is 5.75 Å². The number of carbonyl (C=O) groups excluding carboxylic acids is 1. The first kappa shape index (κ1) is 15.8. The number of hydrogen-bond donors (Lipinski definition) is 1. The average molecular weight is 290 g/mol. The van der Waals surface area contributed by atoms with Gasteiger partial charge in [-0.3, -0.25) is 4.79 Å². The van der Waals surface area contributed by atoms with Gasteiger partial charge >= 0.3 is 0 Å². The van der Waals surface area contributed by atoms with Crippen molar-refractivity contribution >= 4 is 5.91 Å². The van der Waals surface area contributed by atoms with Crippen LogP contribution in [0.2, 0.25) is 0 Å². The minimum absolute atomic E-state index is 0.278. The smallest absolute Gasteiger partial charge is 0.223 e. The van der Waals surface area contributed by atoms with E-state index in [9.17, 15) is 4.79 Å². The average Bonchev–Trinajstić information content (AvgIpc) is 2.54. The van der Waals surface area contributed by atoms with E-state index in [1.807, 2.05) is 24.1 Å². The number of nitrogens with zero attached hydrogens (tertiary/aromatic N) is 1. The predicted molar refractivity (Wildman–Crippen MR) is 84.5 cm³/mol. The Labute approximate surface area is 127 Å². The molecule has 0 radical (unpaired) electrons. The van der Waals surface area contributed by atoms with Crippen LogP contribution in [0.1, 0.15) is 24.8 Å². The van der Waals surface area contributed by atoms with Gasteiger partial charge in [0.25, 0.3) is 0 Å². The number of methoxy groups -OCH3 is 1. The summed E-state index contributed by atoms with van der Waals surface area (Å²) in [6.45, 7) is 2.55. The van der Waals surface area contributed by atoms with Crippen molar-refractivity contribution < 1.29 is 9.53 Å². The Kier molecular flexibility index (Phi) is 6.05. The van der Waals surface area contributed by atoms with Crippen LogP contribution in [0.4, 0.5) is 0 Å². The molecule has 1 aliphatic heterocycles. The van der Waals surface area contributed by atoms with E-state index in [-0.39, 0.29) is 5.91 Å². The number of ether oxygens (including phenoxy) is 1. The normalized spacial score (nSPS) is 16.0. The molecule has 0 spiro atoms. The lowest BCUT2D eigenvalue weighted by Gasteiger charge is -2.32. The summed E-state index contributed by atoms with van der Waals surface area (Å²) in [7, 11) is 3.61. The first-order chi connectivity index (χ1) is 10.2. The number of amides is 1. The zero-order valence-corrected chi connectivity index (χ0v) is 13.1. The number of rotatable bonds is 6. The van der Waals surface area contributed by atoms with Gasteiger partial charge in [-0.2, -0.15) is 0 Å². The van der Waals surface area contributed by atoms with Gasteiger partial charge < -0.3 is 15.0 Å². The Bertz CT molecular complexity index is 454. The highest BCUT2D eigenvalue weighted by Gasteiger charge is 2.23. The van der Waals surface area contributed by atoms with Gasteiger partial charge in [0.15, 0.2) is 0 Å². The summed E-state index contributed by atoms with van der Waals surface area (Å²) in [6, 6.07) is 8.23. The molecule has 0 atom stereocenters. The van der Waals surface area contributed by atoms with E-state index in [0.717, 1.165) is 44.6 Å². The molecule has 0 aliphatic carbocycles. The van der Waals surface area contributed by atoms with E-state index in [1.165, 1.54) is 5.56 Å². The molecule has 1 saturated heterocycles. The fraction of sp³-hybridized carbons (Fsp3) is 0.588. The van der Waals surface area contributed by atoms with Crippen molar-refractivity contribution in [2.45, 2.75) is 25.7 Å². The molecular formula is C17H26N2O2. The summed E-state index contributed by atoms with van der Waals surface area (Å²) in [5.41, 5.74) is 1.28. The van der Waals surface area contributed by atoms with Gasteiger partial charge in [0.05, 0.1) is 7.11 Å². The van der Waals surface area contributed by atoms with Crippen LogP contribution >= 0.6 is 0 Å². The van der Waals surface area contributed by atoms with E-state index in [0.29, 0.717) is 12.3 Å². The van der Waals surface area contributed by atoms with Crippen LogP contribution in [0.3, 0.4) is 0 Å². The van der Waals surface area contributed by atoms with Crippen LogP contribution in [0.25, 0.3) is 0 Å². The second-order valence-electron chi connectivity index (χ2n) is 5.69. The highest BCUT2D eigenvalue weighted by Crippen LogP contribution is 2.26. The number of hydrogen-bond acceptors (Lipinski definition) is 3. The van der Waals surface area contributed by atoms with Gasteiger partial charge in [-0.05, 0) is 43.9 Å². The Morgan fingerprint density at radius 1 is 1.33 bits per heavy atom. The van der Waals surface area contributed by atoms with Gasteiger partial charge in [-0.1, -0.05) is 18.2 Å². The van der Waals surface area contributed by atoms with E-state index in [2.05, 4.69) is 17.4 Å². The van der Waals surface area contributed by atoms with Gasteiger partial charge in [0, 0.05) is 26.1 Å². The molecule has 0 saturated carbocycles. The van der Waals surface area contributed by atoms with Gasteiger partial charge in [-0.25, -0.2) is 0 Å². The number of piperidine rings is 1. The Morgan fingerprint density at radius 3 is 2.71 bits per heavy atom. The molecule has 1 amide bonds. The monoisotopic (exact) mass is 290 g/mol.